The van der Waals surface area contributed by atoms with Crippen LogP contribution < -0.4 is 4.74 Å². The van der Waals surface area contributed by atoms with Crippen LogP contribution in [0.2, 0.25) is 0 Å². The number of phenols is 1. The number of carboxylic acid groups (broad SMARTS) is 2. The molecule has 2 aromatic carbocycles. The van der Waals surface area contributed by atoms with E-state index in [1.807, 2.05) is 0 Å². The van der Waals surface area contributed by atoms with Crippen molar-refractivity contribution < 1.29 is 34.4 Å². The summed E-state index contributed by atoms with van der Waals surface area (Å²) in [6, 6.07) is 10.6. The Balaban J connectivity index is 1.84. The zero-order valence-electron chi connectivity index (χ0n) is 16.3. The molecule has 31 heavy (non-hydrogen) atoms. The maximum atomic E-state index is 12.6. The summed E-state index contributed by atoms with van der Waals surface area (Å²) >= 11 is 1.08. The minimum absolute atomic E-state index is 0.0289. The van der Waals surface area contributed by atoms with Gasteiger partial charge in [0.05, 0.1) is 29.2 Å². The number of amides is 1. The highest BCUT2D eigenvalue weighted by molar-refractivity contribution is 8.18. The van der Waals surface area contributed by atoms with Gasteiger partial charge in [-0.3, -0.25) is 14.5 Å². The molecule has 0 aromatic heterocycles. The predicted octanol–water partition coefficient (Wildman–Crippen LogP) is 3.18. The van der Waals surface area contributed by atoms with Gasteiger partial charge in [0, 0.05) is 7.05 Å². The van der Waals surface area contributed by atoms with Crippen LogP contribution in [0.1, 0.15) is 22.3 Å². The largest absolute Gasteiger partial charge is 0.508 e. The lowest BCUT2D eigenvalue weighted by molar-refractivity contribution is -0.137. The van der Waals surface area contributed by atoms with Crippen molar-refractivity contribution in [2.45, 2.75) is 6.42 Å². The Kier molecular flexibility index (Phi) is 6.61. The van der Waals surface area contributed by atoms with Crippen molar-refractivity contribution in [1.82, 2.24) is 4.90 Å². The van der Waals surface area contributed by atoms with Gasteiger partial charge in [0.1, 0.15) is 11.5 Å². The smallest absolute Gasteiger partial charge is 0.338 e. The van der Waals surface area contributed by atoms with Gasteiger partial charge in [-0.1, -0.05) is 12.1 Å². The monoisotopic (exact) mass is 442 g/mol. The standard InChI is InChI=1S/C21H18N2O7S/c1-23-19(27)17(10-12-3-2-4-14(9-12)30-8-7-18(25)26)31-21(23)22-16-6-5-13(24)11-15(16)20(28)29/h2-6,9-11,24H,7-8H2,1H3,(H,25,26)(H,28,29)/b17-10-,22-21?. The molecule has 0 aliphatic carbocycles. The number of aromatic hydroxyl groups is 1. The zero-order valence-corrected chi connectivity index (χ0v) is 17.1. The third-order valence-corrected chi connectivity index (χ3v) is 5.23. The summed E-state index contributed by atoms with van der Waals surface area (Å²) in [7, 11) is 1.53. The van der Waals surface area contributed by atoms with Crippen molar-refractivity contribution in [2.75, 3.05) is 13.7 Å². The summed E-state index contributed by atoms with van der Waals surface area (Å²) in [5.41, 5.74) is 0.606. The number of hydrogen-bond acceptors (Lipinski definition) is 7. The molecule has 10 heteroatoms. The van der Waals surface area contributed by atoms with Crippen molar-refractivity contribution in [3.63, 3.8) is 0 Å². The molecule has 0 unspecified atom stereocenters. The van der Waals surface area contributed by atoms with E-state index in [4.69, 9.17) is 9.84 Å². The number of aliphatic carboxylic acids is 1. The molecule has 1 amide bonds. The van der Waals surface area contributed by atoms with Crippen molar-refractivity contribution in [1.29, 1.82) is 0 Å². The number of hydrogen-bond donors (Lipinski definition) is 3. The fraction of sp³-hybridized carbons (Fsp3) is 0.143. The van der Waals surface area contributed by atoms with Crippen molar-refractivity contribution in [3.05, 3.63) is 58.5 Å². The fourth-order valence-electron chi connectivity index (χ4n) is 2.65. The van der Waals surface area contributed by atoms with E-state index in [0.717, 1.165) is 17.8 Å². The van der Waals surface area contributed by atoms with Gasteiger partial charge < -0.3 is 20.1 Å². The van der Waals surface area contributed by atoms with Crippen LogP contribution in [0, 0.1) is 0 Å². The number of phenolic OH excluding ortho intramolecular Hbond substituents is 1. The minimum atomic E-state index is -1.25. The van der Waals surface area contributed by atoms with E-state index in [2.05, 4.69) is 4.99 Å². The van der Waals surface area contributed by atoms with Crippen LogP contribution in [-0.2, 0) is 9.59 Å². The molecule has 1 aliphatic rings. The lowest BCUT2D eigenvalue weighted by atomic mass is 10.2. The first kappa shape index (κ1) is 21.9. The van der Waals surface area contributed by atoms with E-state index in [0.29, 0.717) is 21.4 Å². The minimum Gasteiger partial charge on any atom is -0.508 e. The second-order valence-electron chi connectivity index (χ2n) is 6.44. The number of amidine groups is 1. The van der Waals surface area contributed by atoms with Gasteiger partial charge in [0.2, 0.25) is 0 Å². The number of rotatable bonds is 7. The van der Waals surface area contributed by atoms with Gasteiger partial charge in [-0.2, -0.15) is 0 Å². The van der Waals surface area contributed by atoms with Crippen LogP contribution in [0.15, 0.2) is 52.4 Å². The first-order chi connectivity index (χ1) is 14.7. The maximum absolute atomic E-state index is 12.6. The fourth-order valence-corrected chi connectivity index (χ4v) is 3.63. The van der Waals surface area contributed by atoms with Gasteiger partial charge in [-0.25, -0.2) is 9.79 Å². The highest BCUT2D eigenvalue weighted by atomic mass is 32.2. The number of carbonyl (C=O) groups excluding carboxylic acids is 1. The molecular weight excluding hydrogens is 424 g/mol. The van der Waals surface area contributed by atoms with Gasteiger partial charge in [0.25, 0.3) is 5.91 Å². The first-order valence-corrected chi connectivity index (χ1v) is 9.83. The number of thioether (sulfide) groups is 1. The number of benzene rings is 2. The lowest BCUT2D eigenvalue weighted by Gasteiger charge is -2.08. The SMILES string of the molecule is CN1C(=O)/C(=C/c2cccc(OCCC(=O)O)c2)SC1=Nc1ccc(O)cc1C(=O)O. The van der Waals surface area contributed by atoms with Crippen LogP contribution in [0.5, 0.6) is 11.5 Å². The summed E-state index contributed by atoms with van der Waals surface area (Å²) in [6.07, 6.45) is 1.52. The molecule has 9 nitrogen and oxygen atoms in total. The quantitative estimate of drug-likeness (QED) is 0.556. The number of nitrogens with zero attached hydrogens (tertiary/aromatic N) is 2. The van der Waals surface area contributed by atoms with Gasteiger partial charge in [-0.05, 0) is 53.7 Å². The number of likely N-dealkylation sites (N-methyl/N-ethyl adjacent to an activating group) is 1. The molecule has 2 aromatic rings. The zero-order chi connectivity index (χ0) is 22.5. The molecule has 3 rings (SSSR count). The van der Waals surface area contributed by atoms with E-state index in [-0.39, 0.29) is 35.9 Å². The number of carbonyl (C=O) groups is 3. The molecule has 0 saturated carbocycles. The average molecular weight is 442 g/mol. The third kappa shape index (κ3) is 5.43. The molecule has 160 valence electrons. The number of ether oxygens (including phenoxy) is 1. The van der Waals surface area contributed by atoms with Crippen molar-refractivity contribution >= 4 is 46.5 Å². The number of aliphatic imine (C=N–C) groups is 1. The topological polar surface area (TPSA) is 137 Å². The van der Waals surface area contributed by atoms with Crippen LogP contribution >= 0.6 is 11.8 Å². The number of carboxylic acids is 2. The molecule has 1 saturated heterocycles. The molecule has 0 bridgehead atoms. The number of aromatic carboxylic acids is 1. The molecule has 1 aliphatic heterocycles. The Morgan fingerprint density at radius 2 is 1.97 bits per heavy atom. The van der Waals surface area contributed by atoms with Gasteiger partial charge in [0.15, 0.2) is 5.17 Å². The van der Waals surface area contributed by atoms with Crippen LogP contribution in [0.3, 0.4) is 0 Å². The van der Waals surface area contributed by atoms with Crippen molar-refractivity contribution in [2.24, 2.45) is 4.99 Å². The average Bonchev–Trinajstić information content (AvgIpc) is 2.97. The van der Waals surface area contributed by atoms with E-state index < -0.39 is 11.9 Å². The first-order valence-electron chi connectivity index (χ1n) is 9.02. The third-order valence-electron chi connectivity index (χ3n) is 4.17. The van der Waals surface area contributed by atoms with E-state index in [9.17, 15) is 24.6 Å². The maximum Gasteiger partial charge on any atom is 0.338 e. The Morgan fingerprint density at radius 1 is 1.19 bits per heavy atom. The second-order valence-corrected chi connectivity index (χ2v) is 7.45. The Hall–Kier alpha value is -3.79. The summed E-state index contributed by atoms with van der Waals surface area (Å²) in [4.78, 5) is 40.6. The van der Waals surface area contributed by atoms with E-state index in [1.54, 1.807) is 30.3 Å². The van der Waals surface area contributed by atoms with Crippen molar-refractivity contribution in [3.8, 4) is 11.5 Å². The molecule has 1 heterocycles. The highest BCUT2D eigenvalue weighted by Gasteiger charge is 2.30. The van der Waals surface area contributed by atoms with Crippen LogP contribution in [0.25, 0.3) is 6.08 Å². The van der Waals surface area contributed by atoms with E-state index >= 15 is 0 Å². The Bertz CT molecular complexity index is 1110. The molecule has 0 atom stereocenters. The summed E-state index contributed by atoms with van der Waals surface area (Å²) in [5.74, 6) is -2.24. The van der Waals surface area contributed by atoms with Gasteiger partial charge >= 0.3 is 11.9 Å². The van der Waals surface area contributed by atoms with Gasteiger partial charge in [-0.15, -0.1) is 0 Å². The molecule has 3 N–H and O–H groups in total. The van der Waals surface area contributed by atoms with E-state index in [1.165, 1.54) is 24.1 Å². The van der Waals surface area contributed by atoms with Crippen LogP contribution in [-0.4, -0.2) is 56.9 Å². The highest BCUT2D eigenvalue weighted by Crippen LogP contribution is 2.34. The molecule has 1 fully saturated rings. The second kappa shape index (κ2) is 9.35. The molecule has 0 radical (unpaired) electrons. The van der Waals surface area contributed by atoms with Crippen LogP contribution in [0.4, 0.5) is 5.69 Å². The Morgan fingerprint density at radius 3 is 2.68 bits per heavy atom. The molecular formula is C21H18N2O7S. The normalized spacial score (nSPS) is 16.2. The summed E-state index contributed by atoms with van der Waals surface area (Å²) < 4.78 is 5.40. The summed E-state index contributed by atoms with van der Waals surface area (Å²) in [6.45, 7) is 0.0289. The lowest BCUT2D eigenvalue weighted by Crippen LogP contribution is -2.23. The predicted molar refractivity (Wildman–Crippen MR) is 115 cm³/mol. The molecule has 0 spiro atoms. The Labute approximate surface area is 181 Å². The summed E-state index contributed by atoms with van der Waals surface area (Å²) in [5, 5.41) is 27.8.